The lowest BCUT2D eigenvalue weighted by atomic mass is 10.0. The van der Waals surface area contributed by atoms with Crippen LogP contribution in [-0.2, 0) is 6.42 Å². The molecule has 2 aromatic rings. The second kappa shape index (κ2) is 6.21. The van der Waals surface area contributed by atoms with Crippen LogP contribution in [-0.4, -0.2) is 6.54 Å². The standard InChI is InChI=1S/C16H17N/c17-13-5-4-6-14-9-11-16(12-10-14)15-7-2-1-3-8-15/h1-3,7-12H,4-6,13H2. The van der Waals surface area contributed by atoms with Crippen molar-refractivity contribution in [2.45, 2.75) is 19.3 Å². The van der Waals surface area contributed by atoms with Crippen LogP contribution in [0.1, 0.15) is 18.4 Å². The summed E-state index contributed by atoms with van der Waals surface area (Å²) in [5, 5.41) is 0. The van der Waals surface area contributed by atoms with Crippen molar-refractivity contribution in [3.05, 3.63) is 60.2 Å². The van der Waals surface area contributed by atoms with Crippen LogP contribution in [0.15, 0.2) is 54.6 Å². The summed E-state index contributed by atoms with van der Waals surface area (Å²) in [4.78, 5) is 0. The van der Waals surface area contributed by atoms with E-state index in [9.17, 15) is 0 Å². The Labute approximate surface area is 103 Å². The van der Waals surface area contributed by atoms with Gasteiger partial charge in [-0.25, -0.2) is 0 Å². The highest BCUT2D eigenvalue weighted by atomic mass is 14.5. The number of rotatable bonds is 5. The van der Waals surface area contributed by atoms with E-state index in [0.29, 0.717) is 6.54 Å². The maximum absolute atomic E-state index is 8.74. The summed E-state index contributed by atoms with van der Waals surface area (Å²) >= 11 is 0. The van der Waals surface area contributed by atoms with E-state index in [0.717, 1.165) is 19.3 Å². The first-order valence-electron chi connectivity index (χ1n) is 6.15. The zero-order valence-electron chi connectivity index (χ0n) is 9.97. The Morgan fingerprint density at radius 1 is 0.706 bits per heavy atom. The number of benzene rings is 2. The third-order valence-corrected chi connectivity index (χ3v) is 2.93. The van der Waals surface area contributed by atoms with E-state index in [1.807, 2.05) is 6.07 Å². The fourth-order valence-corrected chi connectivity index (χ4v) is 1.94. The Hall–Kier alpha value is -1.60. The molecule has 0 saturated carbocycles. The van der Waals surface area contributed by atoms with Crippen LogP contribution in [0.5, 0.6) is 0 Å². The molecule has 0 spiro atoms. The molecule has 0 atom stereocenters. The smallest absolute Gasteiger partial charge is 0.0321 e. The molecule has 0 aliphatic rings. The molecule has 0 fully saturated rings. The molecule has 0 aliphatic heterocycles. The third-order valence-electron chi connectivity index (χ3n) is 2.93. The van der Waals surface area contributed by atoms with Crippen LogP contribution in [0, 0.1) is 0 Å². The van der Waals surface area contributed by atoms with E-state index in [-0.39, 0.29) is 0 Å². The van der Waals surface area contributed by atoms with E-state index < -0.39 is 0 Å². The number of hydrogen-bond acceptors (Lipinski definition) is 0. The minimum absolute atomic E-state index is 0.294. The highest BCUT2D eigenvalue weighted by molar-refractivity contribution is 5.63. The van der Waals surface area contributed by atoms with E-state index in [1.54, 1.807) is 0 Å². The fraction of sp³-hybridized carbons (Fsp3) is 0.250. The Balaban J connectivity index is 2.03. The van der Waals surface area contributed by atoms with Gasteiger partial charge in [0.15, 0.2) is 0 Å². The predicted molar refractivity (Wildman–Crippen MR) is 71.8 cm³/mol. The van der Waals surface area contributed by atoms with Gasteiger partial charge in [-0.3, -0.25) is 0 Å². The first-order chi connectivity index (χ1) is 8.40. The molecule has 1 heteroatoms. The van der Waals surface area contributed by atoms with Crippen LogP contribution in [0.3, 0.4) is 0 Å². The molecular formula is C16H17N. The molecular weight excluding hydrogens is 206 g/mol. The van der Waals surface area contributed by atoms with Crippen molar-refractivity contribution in [2.24, 2.45) is 0 Å². The minimum atomic E-state index is 0.294. The molecule has 0 amide bonds. The van der Waals surface area contributed by atoms with Crippen molar-refractivity contribution in [2.75, 3.05) is 6.54 Å². The molecule has 0 aromatic heterocycles. The molecule has 0 bridgehead atoms. The molecule has 0 saturated heterocycles. The average Bonchev–Trinajstić information content (AvgIpc) is 2.41. The summed E-state index contributed by atoms with van der Waals surface area (Å²) in [6.45, 7) is 0.294. The Bertz CT molecular complexity index is 431. The molecule has 0 heterocycles. The largest absolute Gasteiger partial charge is 0.145 e. The summed E-state index contributed by atoms with van der Waals surface area (Å²) in [6.07, 6.45) is 3.00. The van der Waals surface area contributed by atoms with Gasteiger partial charge in [0.1, 0.15) is 0 Å². The second-order valence-electron chi connectivity index (χ2n) is 4.24. The number of nitrogens with zero attached hydrogens (tertiary/aromatic N) is 1. The fourth-order valence-electron chi connectivity index (χ4n) is 1.94. The first kappa shape index (κ1) is 11.9. The first-order valence-corrected chi connectivity index (χ1v) is 6.15. The lowest BCUT2D eigenvalue weighted by Crippen LogP contribution is -1.89. The van der Waals surface area contributed by atoms with Crippen molar-refractivity contribution in [1.29, 1.82) is 0 Å². The quantitative estimate of drug-likeness (QED) is 0.689. The SMILES string of the molecule is [N]CCCCc1ccc(-c2ccccc2)cc1. The molecule has 2 aromatic carbocycles. The van der Waals surface area contributed by atoms with Gasteiger partial charge in [-0.1, -0.05) is 54.6 Å². The maximum Gasteiger partial charge on any atom is 0.0321 e. The van der Waals surface area contributed by atoms with E-state index >= 15 is 0 Å². The molecule has 2 rings (SSSR count). The van der Waals surface area contributed by atoms with E-state index in [1.165, 1.54) is 16.7 Å². The topological polar surface area (TPSA) is 22.3 Å². The van der Waals surface area contributed by atoms with Gasteiger partial charge in [0.25, 0.3) is 0 Å². The van der Waals surface area contributed by atoms with Gasteiger partial charge in [0.05, 0.1) is 0 Å². The zero-order chi connectivity index (χ0) is 11.9. The zero-order valence-corrected chi connectivity index (χ0v) is 9.97. The minimum Gasteiger partial charge on any atom is -0.145 e. The molecule has 1 nitrogen and oxygen atoms in total. The van der Waals surface area contributed by atoms with Gasteiger partial charge >= 0.3 is 0 Å². The Morgan fingerprint density at radius 2 is 1.35 bits per heavy atom. The summed E-state index contributed by atoms with van der Waals surface area (Å²) in [7, 11) is 0. The van der Waals surface area contributed by atoms with E-state index in [2.05, 4.69) is 48.5 Å². The van der Waals surface area contributed by atoms with Crippen LogP contribution in [0.4, 0.5) is 0 Å². The van der Waals surface area contributed by atoms with E-state index in [4.69, 9.17) is 5.73 Å². The predicted octanol–water partition coefficient (Wildman–Crippen LogP) is 3.75. The van der Waals surface area contributed by atoms with Gasteiger partial charge in [-0.2, -0.15) is 0 Å². The summed E-state index contributed by atoms with van der Waals surface area (Å²) < 4.78 is 0. The van der Waals surface area contributed by atoms with Gasteiger partial charge in [-0.05, 0) is 36.0 Å². The molecule has 0 aliphatic carbocycles. The van der Waals surface area contributed by atoms with Crippen LogP contribution in [0.25, 0.3) is 11.1 Å². The number of aryl methyl sites for hydroxylation is 1. The lowest BCUT2D eigenvalue weighted by Gasteiger charge is -2.04. The molecule has 86 valence electrons. The Morgan fingerprint density at radius 3 is 2.00 bits per heavy atom. The molecule has 0 unspecified atom stereocenters. The van der Waals surface area contributed by atoms with Crippen molar-refractivity contribution in [3.63, 3.8) is 0 Å². The summed E-state index contributed by atoms with van der Waals surface area (Å²) in [5.74, 6) is 0. The van der Waals surface area contributed by atoms with Crippen LogP contribution < -0.4 is 5.73 Å². The van der Waals surface area contributed by atoms with Crippen molar-refractivity contribution >= 4 is 0 Å². The highest BCUT2D eigenvalue weighted by Crippen LogP contribution is 2.19. The van der Waals surface area contributed by atoms with Crippen LogP contribution >= 0.6 is 0 Å². The van der Waals surface area contributed by atoms with Gasteiger partial charge in [-0.15, -0.1) is 5.73 Å². The lowest BCUT2D eigenvalue weighted by molar-refractivity contribution is 0.735. The second-order valence-corrected chi connectivity index (χ2v) is 4.24. The maximum atomic E-state index is 8.74. The van der Waals surface area contributed by atoms with Crippen molar-refractivity contribution < 1.29 is 0 Å². The van der Waals surface area contributed by atoms with Crippen molar-refractivity contribution in [1.82, 2.24) is 5.73 Å². The molecule has 2 radical (unpaired) electrons. The van der Waals surface area contributed by atoms with Crippen molar-refractivity contribution in [3.8, 4) is 11.1 Å². The number of hydrogen-bond donors (Lipinski definition) is 0. The summed E-state index contributed by atoms with van der Waals surface area (Å²) in [6, 6.07) is 19.1. The monoisotopic (exact) mass is 223 g/mol. The highest BCUT2D eigenvalue weighted by Gasteiger charge is 1.97. The summed E-state index contributed by atoms with van der Waals surface area (Å²) in [5.41, 5.74) is 12.6. The Kier molecular flexibility index (Phi) is 4.34. The van der Waals surface area contributed by atoms with Crippen LogP contribution in [0.2, 0.25) is 0 Å². The molecule has 17 heavy (non-hydrogen) atoms. The van der Waals surface area contributed by atoms with Gasteiger partial charge in [0, 0.05) is 6.54 Å². The van der Waals surface area contributed by atoms with Gasteiger partial charge < -0.3 is 0 Å². The number of unbranched alkanes of at least 4 members (excludes halogenated alkanes) is 1. The molecule has 0 N–H and O–H groups in total. The average molecular weight is 223 g/mol. The van der Waals surface area contributed by atoms with Gasteiger partial charge in [0.2, 0.25) is 0 Å². The normalized spacial score (nSPS) is 10.4. The third kappa shape index (κ3) is 3.43.